The van der Waals surface area contributed by atoms with E-state index in [0.29, 0.717) is 12.8 Å². The van der Waals surface area contributed by atoms with E-state index >= 15 is 0 Å². The Labute approximate surface area is 261 Å². The van der Waals surface area contributed by atoms with Crippen molar-refractivity contribution < 1.29 is 24.2 Å². The third kappa shape index (κ3) is 31.6. The fraction of sp³-hybridized carbons (Fsp3) is 0.892. The van der Waals surface area contributed by atoms with Gasteiger partial charge in [-0.05, 0) is 38.5 Å². The number of esters is 2. The fourth-order valence-electron chi connectivity index (χ4n) is 5.25. The largest absolute Gasteiger partial charge is 0.462 e. The van der Waals surface area contributed by atoms with Crippen molar-refractivity contribution in [3.8, 4) is 0 Å². The Morgan fingerprint density at radius 2 is 0.881 bits per heavy atom. The van der Waals surface area contributed by atoms with Crippen molar-refractivity contribution in [3.05, 3.63) is 12.2 Å². The van der Waals surface area contributed by atoms with Gasteiger partial charge in [-0.25, -0.2) is 0 Å². The standard InChI is InChI=1S/C37H70O5/c1-3-5-7-9-11-13-15-17-18-20-22-24-26-28-30-32-37(40)42-35(33-38)34-41-36(39)31-29-27-25-23-21-19-16-14-12-10-8-6-4-2/h13,15,35,38H,3-12,14,16-34H2,1-2H3/b15-13-/t35-/m0/s1. The minimum Gasteiger partial charge on any atom is -0.462 e. The Balaban J connectivity index is 3.54. The zero-order chi connectivity index (χ0) is 30.8. The molecule has 0 aliphatic carbocycles. The van der Waals surface area contributed by atoms with Crippen molar-refractivity contribution in [3.63, 3.8) is 0 Å². The zero-order valence-corrected chi connectivity index (χ0v) is 28.0. The zero-order valence-electron chi connectivity index (χ0n) is 28.0. The molecule has 0 aliphatic heterocycles. The summed E-state index contributed by atoms with van der Waals surface area (Å²) >= 11 is 0. The molecule has 0 aliphatic rings. The van der Waals surface area contributed by atoms with Gasteiger partial charge in [0.25, 0.3) is 0 Å². The molecule has 0 unspecified atom stereocenters. The topological polar surface area (TPSA) is 72.8 Å². The molecule has 0 amide bonds. The van der Waals surface area contributed by atoms with Gasteiger partial charge < -0.3 is 14.6 Å². The van der Waals surface area contributed by atoms with Gasteiger partial charge in [-0.3, -0.25) is 9.59 Å². The summed E-state index contributed by atoms with van der Waals surface area (Å²) in [6, 6.07) is 0. The predicted molar refractivity (Wildman–Crippen MR) is 178 cm³/mol. The van der Waals surface area contributed by atoms with Crippen molar-refractivity contribution in [2.24, 2.45) is 0 Å². The molecule has 0 rings (SSSR count). The number of rotatable bonds is 33. The van der Waals surface area contributed by atoms with Crippen molar-refractivity contribution in [2.75, 3.05) is 13.2 Å². The van der Waals surface area contributed by atoms with Gasteiger partial charge >= 0.3 is 11.9 Å². The van der Waals surface area contributed by atoms with Gasteiger partial charge in [0, 0.05) is 12.8 Å². The maximum Gasteiger partial charge on any atom is 0.306 e. The highest BCUT2D eigenvalue weighted by Crippen LogP contribution is 2.14. The molecule has 0 heterocycles. The van der Waals surface area contributed by atoms with E-state index in [1.165, 1.54) is 128 Å². The highest BCUT2D eigenvalue weighted by atomic mass is 16.6. The van der Waals surface area contributed by atoms with E-state index in [2.05, 4.69) is 26.0 Å². The van der Waals surface area contributed by atoms with Gasteiger partial charge in [0.15, 0.2) is 6.10 Å². The molecule has 0 aromatic carbocycles. The molecule has 5 heteroatoms. The average Bonchev–Trinajstić information content (AvgIpc) is 2.99. The molecule has 5 nitrogen and oxygen atoms in total. The van der Waals surface area contributed by atoms with E-state index in [4.69, 9.17) is 9.47 Å². The molecular formula is C37H70O5. The average molecular weight is 595 g/mol. The first-order chi connectivity index (χ1) is 20.6. The summed E-state index contributed by atoms with van der Waals surface area (Å²) in [5.74, 6) is -0.589. The molecule has 248 valence electrons. The summed E-state index contributed by atoms with van der Waals surface area (Å²) in [5.41, 5.74) is 0. The van der Waals surface area contributed by atoms with Crippen molar-refractivity contribution in [1.82, 2.24) is 0 Å². The first-order valence-corrected chi connectivity index (χ1v) is 18.2. The predicted octanol–water partition coefficient (Wildman–Crippen LogP) is 11.0. The van der Waals surface area contributed by atoms with Crippen LogP contribution in [0.5, 0.6) is 0 Å². The lowest BCUT2D eigenvalue weighted by Crippen LogP contribution is -2.28. The number of ether oxygens (including phenoxy) is 2. The number of hydrogen-bond acceptors (Lipinski definition) is 5. The third-order valence-electron chi connectivity index (χ3n) is 8.06. The highest BCUT2D eigenvalue weighted by Gasteiger charge is 2.16. The molecule has 0 fully saturated rings. The Hall–Kier alpha value is -1.36. The number of carbonyl (C=O) groups excluding carboxylic acids is 2. The summed E-state index contributed by atoms with van der Waals surface area (Å²) in [5, 5.41) is 9.52. The Kier molecular flexibility index (Phi) is 33.0. The first kappa shape index (κ1) is 40.6. The fourth-order valence-corrected chi connectivity index (χ4v) is 5.25. The number of unbranched alkanes of at least 4 members (excludes halogenated alkanes) is 23. The maximum atomic E-state index is 12.1. The van der Waals surface area contributed by atoms with Crippen LogP contribution in [0.25, 0.3) is 0 Å². The van der Waals surface area contributed by atoms with Crippen LogP contribution in [0.1, 0.15) is 194 Å². The van der Waals surface area contributed by atoms with E-state index in [1.807, 2.05) is 0 Å². The van der Waals surface area contributed by atoms with Crippen molar-refractivity contribution in [1.29, 1.82) is 0 Å². The van der Waals surface area contributed by atoms with E-state index in [1.54, 1.807) is 0 Å². The van der Waals surface area contributed by atoms with Crippen LogP contribution in [0.4, 0.5) is 0 Å². The summed E-state index contributed by atoms with van der Waals surface area (Å²) in [6.45, 7) is 4.12. The molecule has 0 radical (unpaired) electrons. The van der Waals surface area contributed by atoms with Gasteiger partial charge in [-0.2, -0.15) is 0 Å². The molecule has 42 heavy (non-hydrogen) atoms. The van der Waals surface area contributed by atoms with Crippen LogP contribution >= 0.6 is 0 Å². The van der Waals surface area contributed by atoms with E-state index in [-0.39, 0.29) is 25.2 Å². The summed E-state index contributed by atoms with van der Waals surface area (Å²) in [6.07, 6.45) is 36.9. The van der Waals surface area contributed by atoms with Crippen LogP contribution in [-0.4, -0.2) is 36.4 Å². The van der Waals surface area contributed by atoms with Crippen LogP contribution in [0, 0.1) is 0 Å². The van der Waals surface area contributed by atoms with E-state index in [0.717, 1.165) is 38.5 Å². The monoisotopic (exact) mass is 595 g/mol. The number of hydrogen-bond donors (Lipinski definition) is 1. The third-order valence-corrected chi connectivity index (χ3v) is 8.06. The molecule has 0 aromatic heterocycles. The maximum absolute atomic E-state index is 12.1. The molecule has 0 saturated carbocycles. The Morgan fingerprint density at radius 1 is 0.524 bits per heavy atom. The molecule has 1 atom stereocenters. The smallest absolute Gasteiger partial charge is 0.306 e. The van der Waals surface area contributed by atoms with E-state index < -0.39 is 6.10 Å². The quantitative estimate of drug-likeness (QED) is 0.0465. The molecule has 1 N–H and O–H groups in total. The molecular weight excluding hydrogens is 524 g/mol. The van der Waals surface area contributed by atoms with Gasteiger partial charge in [0.2, 0.25) is 0 Å². The number of carbonyl (C=O) groups is 2. The summed E-state index contributed by atoms with van der Waals surface area (Å²) < 4.78 is 10.6. The van der Waals surface area contributed by atoms with Crippen LogP contribution in [0.2, 0.25) is 0 Å². The minimum atomic E-state index is -0.765. The second-order valence-electron chi connectivity index (χ2n) is 12.3. The molecule has 0 spiro atoms. The number of aliphatic hydroxyl groups is 1. The summed E-state index contributed by atoms with van der Waals surface area (Å²) in [7, 11) is 0. The highest BCUT2D eigenvalue weighted by molar-refractivity contribution is 5.70. The van der Waals surface area contributed by atoms with Crippen molar-refractivity contribution >= 4 is 11.9 Å². The SMILES string of the molecule is CCCCCC/C=C\CCCCCCCCCC(=O)O[C@@H](CO)COC(=O)CCCCCCCCCCCCCCC. The van der Waals surface area contributed by atoms with Crippen LogP contribution in [-0.2, 0) is 19.1 Å². The normalized spacial score (nSPS) is 12.2. The lowest BCUT2D eigenvalue weighted by atomic mass is 10.0. The molecule has 0 aromatic rings. The van der Waals surface area contributed by atoms with E-state index in [9.17, 15) is 14.7 Å². The lowest BCUT2D eigenvalue weighted by molar-refractivity contribution is -0.161. The van der Waals surface area contributed by atoms with Gasteiger partial charge in [0.05, 0.1) is 6.61 Å². The number of allylic oxidation sites excluding steroid dienone is 2. The molecule has 0 bridgehead atoms. The van der Waals surface area contributed by atoms with Gasteiger partial charge in [-0.15, -0.1) is 0 Å². The molecule has 0 saturated heterocycles. The first-order valence-electron chi connectivity index (χ1n) is 18.2. The van der Waals surface area contributed by atoms with Gasteiger partial charge in [-0.1, -0.05) is 154 Å². The van der Waals surface area contributed by atoms with Crippen LogP contribution in [0.15, 0.2) is 12.2 Å². The van der Waals surface area contributed by atoms with Gasteiger partial charge in [0.1, 0.15) is 6.61 Å². The Morgan fingerprint density at radius 3 is 1.31 bits per heavy atom. The second kappa shape index (κ2) is 34.1. The lowest BCUT2D eigenvalue weighted by Gasteiger charge is -2.15. The number of aliphatic hydroxyl groups excluding tert-OH is 1. The minimum absolute atomic E-state index is 0.0619. The van der Waals surface area contributed by atoms with Crippen molar-refractivity contribution in [2.45, 2.75) is 200 Å². The van der Waals surface area contributed by atoms with Crippen LogP contribution < -0.4 is 0 Å². The Bertz CT molecular complexity index is 603. The summed E-state index contributed by atoms with van der Waals surface area (Å²) in [4.78, 5) is 24.2. The second-order valence-corrected chi connectivity index (χ2v) is 12.3. The van der Waals surface area contributed by atoms with Crippen LogP contribution in [0.3, 0.4) is 0 Å².